The highest BCUT2D eigenvalue weighted by molar-refractivity contribution is 5.89. The van der Waals surface area contributed by atoms with Crippen molar-refractivity contribution >= 4 is 17.5 Å². The summed E-state index contributed by atoms with van der Waals surface area (Å²) < 4.78 is 5.31. The van der Waals surface area contributed by atoms with Crippen molar-refractivity contribution in [3.8, 4) is 0 Å². The monoisotopic (exact) mass is 353 g/mol. The van der Waals surface area contributed by atoms with Gasteiger partial charge in [-0.1, -0.05) is 18.2 Å². The highest BCUT2D eigenvalue weighted by atomic mass is 16.3. The lowest BCUT2D eigenvalue weighted by Crippen LogP contribution is -2.50. The Kier molecular flexibility index (Phi) is 4.65. The van der Waals surface area contributed by atoms with Crippen molar-refractivity contribution in [2.75, 3.05) is 37.6 Å². The van der Waals surface area contributed by atoms with E-state index in [1.165, 1.54) is 5.69 Å². The maximum Gasteiger partial charge on any atom is 0.228 e. The summed E-state index contributed by atoms with van der Waals surface area (Å²) in [5.41, 5.74) is 1.19. The largest absolute Gasteiger partial charge is 0.467 e. The first-order chi connectivity index (χ1) is 12.7. The van der Waals surface area contributed by atoms with Crippen molar-refractivity contribution in [2.24, 2.45) is 5.92 Å². The highest BCUT2D eigenvalue weighted by Gasteiger charge is 2.37. The molecule has 1 unspecified atom stereocenters. The Balaban J connectivity index is 1.32. The van der Waals surface area contributed by atoms with Crippen LogP contribution in [0.25, 0.3) is 0 Å². The summed E-state index contributed by atoms with van der Waals surface area (Å²) in [6.07, 6.45) is 1.91. The van der Waals surface area contributed by atoms with Gasteiger partial charge in [0.15, 0.2) is 0 Å². The van der Waals surface area contributed by atoms with Gasteiger partial charge in [-0.25, -0.2) is 0 Å². The van der Waals surface area contributed by atoms with Gasteiger partial charge in [0.2, 0.25) is 11.8 Å². The number of carbonyl (C=O) groups is 2. The second kappa shape index (κ2) is 7.23. The molecule has 2 aliphatic rings. The van der Waals surface area contributed by atoms with E-state index in [9.17, 15) is 9.59 Å². The number of hydrogen-bond acceptors (Lipinski definition) is 4. The van der Waals surface area contributed by atoms with Gasteiger partial charge < -0.3 is 19.1 Å². The molecule has 3 heterocycles. The first-order valence-electron chi connectivity index (χ1n) is 9.09. The van der Waals surface area contributed by atoms with Crippen molar-refractivity contribution in [3.05, 3.63) is 54.5 Å². The van der Waals surface area contributed by atoms with E-state index in [4.69, 9.17) is 4.42 Å². The zero-order valence-electron chi connectivity index (χ0n) is 14.7. The maximum atomic E-state index is 12.8. The van der Waals surface area contributed by atoms with E-state index in [0.717, 1.165) is 18.8 Å². The molecule has 2 saturated heterocycles. The highest BCUT2D eigenvalue weighted by Crippen LogP contribution is 2.24. The smallest absolute Gasteiger partial charge is 0.228 e. The molecule has 1 aromatic heterocycles. The van der Waals surface area contributed by atoms with E-state index in [-0.39, 0.29) is 17.7 Å². The van der Waals surface area contributed by atoms with E-state index in [2.05, 4.69) is 17.0 Å². The molecule has 2 aromatic rings. The molecule has 0 saturated carbocycles. The van der Waals surface area contributed by atoms with Gasteiger partial charge in [0, 0.05) is 44.8 Å². The molecule has 2 amide bonds. The molecule has 1 aromatic carbocycles. The zero-order valence-corrected chi connectivity index (χ0v) is 14.7. The number of furan rings is 1. The Morgan fingerprint density at radius 2 is 1.81 bits per heavy atom. The number of amides is 2. The number of para-hydroxylation sites is 1. The van der Waals surface area contributed by atoms with Crippen molar-refractivity contribution < 1.29 is 14.0 Å². The summed E-state index contributed by atoms with van der Waals surface area (Å²) in [5, 5.41) is 0. The van der Waals surface area contributed by atoms with E-state index in [0.29, 0.717) is 32.6 Å². The number of carbonyl (C=O) groups excluding carboxylic acids is 2. The van der Waals surface area contributed by atoms with E-state index >= 15 is 0 Å². The van der Waals surface area contributed by atoms with Gasteiger partial charge in [-0.15, -0.1) is 0 Å². The predicted octanol–water partition coefficient (Wildman–Crippen LogP) is 1.98. The fourth-order valence-electron chi connectivity index (χ4n) is 3.76. The molecule has 2 fully saturated rings. The van der Waals surface area contributed by atoms with Crippen LogP contribution in [0.2, 0.25) is 0 Å². The maximum absolute atomic E-state index is 12.8. The molecule has 0 radical (unpaired) electrons. The SMILES string of the molecule is O=C1CC(C(=O)N2CCN(c3ccccc3)CC2)CN1Cc1ccco1. The molecule has 1 atom stereocenters. The van der Waals surface area contributed by atoms with Crippen LogP contribution in [0.1, 0.15) is 12.2 Å². The lowest BCUT2D eigenvalue weighted by Gasteiger charge is -2.37. The molecule has 0 aliphatic carbocycles. The molecule has 6 nitrogen and oxygen atoms in total. The fourth-order valence-corrected chi connectivity index (χ4v) is 3.76. The summed E-state index contributed by atoms with van der Waals surface area (Å²) in [6.45, 7) is 3.99. The van der Waals surface area contributed by atoms with Gasteiger partial charge in [-0.05, 0) is 24.3 Å². The van der Waals surface area contributed by atoms with Gasteiger partial charge in [0.1, 0.15) is 5.76 Å². The van der Waals surface area contributed by atoms with Crippen molar-refractivity contribution in [3.63, 3.8) is 0 Å². The Morgan fingerprint density at radius 1 is 1.04 bits per heavy atom. The van der Waals surface area contributed by atoms with Crippen LogP contribution in [0.3, 0.4) is 0 Å². The number of anilines is 1. The number of rotatable bonds is 4. The van der Waals surface area contributed by atoms with Crippen LogP contribution in [0.15, 0.2) is 53.1 Å². The van der Waals surface area contributed by atoms with Crippen LogP contribution in [0.4, 0.5) is 5.69 Å². The summed E-state index contributed by atoms with van der Waals surface area (Å²) in [4.78, 5) is 31.0. The molecule has 136 valence electrons. The zero-order chi connectivity index (χ0) is 17.9. The van der Waals surface area contributed by atoms with E-state index in [1.807, 2.05) is 35.2 Å². The normalized spacial score (nSPS) is 20.7. The van der Waals surface area contributed by atoms with Crippen LogP contribution in [-0.4, -0.2) is 54.3 Å². The van der Waals surface area contributed by atoms with Gasteiger partial charge in [0.05, 0.1) is 18.7 Å². The molecule has 0 spiro atoms. The average molecular weight is 353 g/mol. The summed E-state index contributed by atoms with van der Waals surface area (Å²) in [6, 6.07) is 13.9. The number of hydrogen-bond donors (Lipinski definition) is 0. The first-order valence-corrected chi connectivity index (χ1v) is 9.09. The lowest BCUT2D eigenvalue weighted by molar-refractivity contribution is -0.136. The van der Waals surface area contributed by atoms with Crippen LogP contribution in [0.5, 0.6) is 0 Å². The quantitative estimate of drug-likeness (QED) is 0.843. The molecule has 0 bridgehead atoms. The fraction of sp³-hybridized carbons (Fsp3) is 0.400. The molecule has 6 heteroatoms. The first kappa shape index (κ1) is 16.7. The molecule has 0 N–H and O–H groups in total. The summed E-state index contributed by atoms with van der Waals surface area (Å²) in [7, 11) is 0. The van der Waals surface area contributed by atoms with Crippen molar-refractivity contribution in [2.45, 2.75) is 13.0 Å². The van der Waals surface area contributed by atoms with Crippen LogP contribution >= 0.6 is 0 Å². The number of benzene rings is 1. The van der Waals surface area contributed by atoms with Gasteiger partial charge in [0.25, 0.3) is 0 Å². The topological polar surface area (TPSA) is 57.0 Å². The third-order valence-electron chi connectivity index (χ3n) is 5.20. The minimum Gasteiger partial charge on any atom is -0.467 e. The molecule has 4 rings (SSSR count). The Bertz CT molecular complexity index is 752. The van der Waals surface area contributed by atoms with Crippen LogP contribution in [0, 0.1) is 5.92 Å². The number of nitrogens with zero attached hydrogens (tertiary/aromatic N) is 3. The number of likely N-dealkylation sites (tertiary alicyclic amines) is 1. The summed E-state index contributed by atoms with van der Waals surface area (Å²) in [5.74, 6) is 0.652. The average Bonchev–Trinajstić information content (AvgIpc) is 3.32. The molecular formula is C20H23N3O3. The van der Waals surface area contributed by atoms with Gasteiger partial charge in [-0.3, -0.25) is 9.59 Å². The van der Waals surface area contributed by atoms with Gasteiger partial charge in [-0.2, -0.15) is 0 Å². The standard InChI is InChI=1S/C20H23N3O3/c24-19-13-16(14-23(19)15-18-7-4-12-26-18)20(25)22-10-8-21(9-11-22)17-5-2-1-3-6-17/h1-7,12,16H,8-11,13-15H2. The Morgan fingerprint density at radius 3 is 2.50 bits per heavy atom. The van der Waals surface area contributed by atoms with Crippen molar-refractivity contribution in [1.82, 2.24) is 9.80 Å². The Hall–Kier alpha value is -2.76. The third-order valence-corrected chi connectivity index (χ3v) is 5.20. The van der Waals surface area contributed by atoms with Crippen molar-refractivity contribution in [1.29, 1.82) is 0 Å². The third kappa shape index (κ3) is 3.45. The lowest BCUT2D eigenvalue weighted by atomic mass is 10.1. The molecule has 2 aliphatic heterocycles. The second-order valence-corrected chi connectivity index (χ2v) is 6.90. The van der Waals surface area contributed by atoms with E-state index in [1.54, 1.807) is 11.2 Å². The van der Waals surface area contributed by atoms with Crippen LogP contribution in [-0.2, 0) is 16.1 Å². The minimum absolute atomic E-state index is 0.0303. The molecular weight excluding hydrogens is 330 g/mol. The molecule has 26 heavy (non-hydrogen) atoms. The Labute approximate surface area is 153 Å². The number of piperazine rings is 1. The van der Waals surface area contributed by atoms with Crippen LogP contribution < -0.4 is 4.90 Å². The summed E-state index contributed by atoms with van der Waals surface area (Å²) >= 11 is 0. The minimum atomic E-state index is -0.235. The second-order valence-electron chi connectivity index (χ2n) is 6.90. The predicted molar refractivity (Wildman–Crippen MR) is 97.5 cm³/mol. The van der Waals surface area contributed by atoms with Gasteiger partial charge >= 0.3 is 0 Å². The van der Waals surface area contributed by atoms with E-state index < -0.39 is 0 Å².